The number of halogens is 1. The van der Waals surface area contributed by atoms with Crippen LogP contribution in [0.25, 0.3) is 0 Å². The summed E-state index contributed by atoms with van der Waals surface area (Å²) in [6, 6.07) is 0.496. The molecule has 1 saturated carbocycles. The second kappa shape index (κ2) is 4.05. The zero-order valence-corrected chi connectivity index (χ0v) is 11.7. The number of nitrogens with zero attached hydrogens (tertiary/aromatic N) is 3. The van der Waals surface area contributed by atoms with Crippen molar-refractivity contribution in [1.82, 2.24) is 14.8 Å². The van der Waals surface area contributed by atoms with Crippen LogP contribution in [0.4, 0.5) is 0 Å². The van der Waals surface area contributed by atoms with E-state index in [1.54, 1.807) is 0 Å². The Balaban J connectivity index is 1.95. The molecule has 1 aliphatic heterocycles. The van der Waals surface area contributed by atoms with E-state index >= 15 is 0 Å². The predicted molar refractivity (Wildman–Crippen MR) is 66.9 cm³/mol. The van der Waals surface area contributed by atoms with Crippen LogP contribution >= 0.6 is 15.9 Å². The molecule has 0 N–H and O–H groups in total. The van der Waals surface area contributed by atoms with Gasteiger partial charge in [0.2, 0.25) is 0 Å². The molecule has 7 heteroatoms. The highest BCUT2D eigenvalue weighted by atomic mass is 79.9. The van der Waals surface area contributed by atoms with E-state index in [0.29, 0.717) is 23.5 Å². The Labute approximate surface area is 109 Å². The van der Waals surface area contributed by atoms with Crippen molar-refractivity contribution in [2.24, 2.45) is 0 Å². The van der Waals surface area contributed by atoms with Gasteiger partial charge >= 0.3 is 0 Å². The summed E-state index contributed by atoms with van der Waals surface area (Å²) in [6.45, 7) is 0. The van der Waals surface area contributed by atoms with Crippen molar-refractivity contribution < 1.29 is 8.42 Å². The maximum Gasteiger partial charge on any atom is 0.151 e. The molecule has 1 aromatic heterocycles. The Morgan fingerprint density at radius 3 is 2.59 bits per heavy atom. The fourth-order valence-corrected chi connectivity index (χ4v) is 4.56. The first kappa shape index (κ1) is 11.6. The van der Waals surface area contributed by atoms with Gasteiger partial charge in [-0.25, -0.2) is 8.42 Å². The Morgan fingerprint density at radius 1 is 1.29 bits per heavy atom. The lowest BCUT2D eigenvalue weighted by atomic mass is 10.1. The van der Waals surface area contributed by atoms with E-state index in [-0.39, 0.29) is 11.7 Å². The van der Waals surface area contributed by atoms with E-state index in [4.69, 9.17) is 0 Å². The number of hydrogen-bond acceptors (Lipinski definition) is 4. The third-order valence-corrected chi connectivity index (χ3v) is 5.69. The van der Waals surface area contributed by atoms with Crippen molar-refractivity contribution in [2.45, 2.75) is 36.6 Å². The van der Waals surface area contributed by atoms with Crippen LogP contribution in [0.1, 0.15) is 42.9 Å². The lowest BCUT2D eigenvalue weighted by Gasteiger charge is -2.11. The van der Waals surface area contributed by atoms with Crippen LogP contribution in [0.15, 0.2) is 0 Å². The number of rotatable bonds is 3. The number of aromatic nitrogens is 3. The summed E-state index contributed by atoms with van der Waals surface area (Å²) in [7, 11) is -2.86. The van der Waals surface area contributed by atoms with Crippen molar-refractivity contribution >= 4 is 25.8 Å². The van der Waals surface area contributed by atoms with Crippen LogP contribution in [0.5, 0.6) is 0 Å². The molecule has 2 fully saturated rings. The van der Waals surface area contributed by atoms with Crippen molar-refractivity contribution in [3.05, 3.63) is 11.6 Å². The number of sulfone groups is 1. The van der Waals surface area contributed by atoms with Gasteiger partial charge in [-0.15, -0.1) is 10.2 Å². The monoisotopic (exact) mass is 319 g/mol. The second-order valence-corrected chi connectivity index (χ2v) is 7.60. The maximum atomic E-state index is 11.5. The van der Waals surface area contributed by atoms with Crippen LogP contribution in [-0.2, 0) is 15.2 Å². The zero-order valence-electron chi connectivity index (χ0n) is 9.34. The summed E-state index contributed by atoms with van der Waals surface area (Å²) < 4.78 is 25.2. The van der Waals surface area contributed by atoms with Crippen molar-refractivity contribution in [1.29, 1.82) is 0 Å². The van der Waals surface area contributed by atoms with Gasteiger partial charge < -0.3 is 4.57 Å². The highest BCUT2D eigenvalue weighted by Crippen LogP contribution is 2.40. The molecule has 1 atom stereocenters. The van der Waals surface area contributed by atoms with Gasteiger partial charge in [0.25, 0.3) is 0 Å². The predicted octanol–water partition coefficient (Wildman–Crippen LogP) is 1.41. The molecule has 1 aliphatic carbocycles. The van der Waals surface area contributed by atoms with Crippen LogP contribution in [0.2, 0.25) is 0 Å². The summed E-state index contributed by atoms with van der Waals surface area (Å²) in [5, 5.41) is 9.05. The topological polar surface area (TPSA) is 64.8 Å². The fraction of sp³-hybridized carbons (Fsp3) is 0.800. The van der Waals surface area contributed by atoms with Gasteiger partial charge in [0.1, 0.15) is 11.6 Å². The minimum atomic E-state index is -2.86. The smallest absolute Gasteiger partial charge is 0.151 e. The molecule has 0 radical (unpaired) electrons. The summed E-state index contributed by atoms with van der Waals surface area (Å²) in [5.41, 5.74) is 0. The average molecular weight is 320 g/mol. The van der Waals surface area contributed by atoms with Crippen LogP contribution in [0.3, 0.4) is 0 Å². The molecule has 2 heterocycles. The van der Waals surface area contributed by atoms with E-state index < -0.39 is 9.84 Å². The Kier molecular flexibility index (Phi) is 2.77. The quantitative estimate of drug-likeness (QED) is 0.790. The van der Waals surface area contributed by atoms with Gasteiger partial charge in [0.15, 0.2) is 9.84 Å². The van der Waals surface area contributed by atoms with E-state index in [0.717, 1.165) is 24.5 Å². The van der Waals surface area contributed by atoms with Gasteiger partial charge in [-0.05, 0) is 19.3 Å². The van der Waals surface area contributed by atoms with Gasteiger partial charge in [0, 0.05) is 12.0 Å². The van der Waals surface area contributed by atoms with Crippen molar-refractivity contribution in [3.8, 4) is 0 Å². The minimum Gasteiger partial charge on any atom is -0.311 e. The second-order valence-electron chi connectivity index (χ2n) is 4.81. The van der Waals surface area contributed by atoms with Crippen molar-refractivity contribution in [2.75, 3.05) is 11.5 Å². The molecular weight excluding hydrogens is 306 g/mol. The number of hydrogen-bond donors (Lipinski definition) is 0. The molecule has 17 heavy (non-hydrogen) atoms. The Morgan fingerprint density at radius 2 is 2.06 bits per heavy atom. The molecule has 0 aromatic carbocycles. The SMILES string of the molecule is O=S1(=O)CCC(c2nnc(CBr)n2C2CC2)C1. The van der Waals surface area contributed by atoms with Crippen molar-refractivity contribution in [3.63, 3.8) is 0 Å². The summed E-state index contributed by atoms with van der Waals surface area (Å²) >= 11 is 3.41. The third-order valence-electron chi connectivity index (χ3n) is 3.42. The van der Waals surface area contributed by atoms with Gasteiger partial charge in [0.05, 0.1) is 16.8 Å². The standard InChI is InChI=1S/C10H14BrN3O2S/c11-5-9-12-13-10(14(9)8-1-2-8)7-3-4-17(15,16)6-7/h7-8H,1-6H2. The molecule has 2 aliphatic rings. The molecule has 0 spiro atoms. The minimum absolute atomic E-state index is 0.0425. The van der Waals surface area contributed by atoms with Gasteiger partial charge in [-0.2, -0.15) is 0 Å². The first-order valence-electron chi connectivity index (χ1n) is 5.81. The molecule has 0 amide bonds. The lowest BCUT2D eigenvalue weighted by Crippen LogP contribution is -2.11. The largest absolute Gasteiger partial charge is 0.311 e. The molecule has 0 bridgehead atoms. The highest BCUT2D eigenvalue weighted by Gasteiger charge is 2.36. The highest BCUT2D eigenvalue weighted by molar-refractivity contribution is 9.08. The summed E-state index contributed by atoms with van der Waals surface area (Å²) in [6.07, 6.45) is 3.00. The molecule has 94 valence electrons. The zero-order chi connectivity index (χ0) is 12.0. The first-order chi connectivity index (χ1) is 8.11. The molecule has 1 aromatic rings. The molecule has 1 unspecified atom stereocenters. The number of alkyl halides is 1. The van der Waals surface area contributed by atoms with E-state index in [2.05, 4.69) is 30.7 Å². The third kappa shape index (κ3) is 2.14. The Hall–Kier alpha value is -0.430. The van der Waals surface area contributed by atoms with Crippen LogP contribution in [-0.4, -0.2) is 34.7 Å². The summed E-state index contributed by atoms with van der Waals surface area (Å²) in [5.74, 6) is 2.37. The molecule has 3 rings (SSSR count). The van der Waals surface area contributed by atoms with Gasteiger partial charge in [-0.3, -0.25) is 0 Å². The van der Waals surface area contributed by atoms with E-state index in [1.165, 1.54) is 0 Å². The first-order valence-corrected chi connectivity index (χ1v) is 8.75. The maximum absolute atomic E-state index is 11.5. The molecular formula is C10H14BrN3O2S. The van der Waals surface area contributed by atoms with Crippen LogP contribution < -0.4 is 0 Å². The average Bonchev–Trinajstić information content (AvgIpc) is 2.93. The fourth-order valence-electron chi connectivity index (χ4n) is 2.44. The van der Waals surface area contributed by atoms with Gasteiger partial charge in [-0.1, -0.05) is 15.9 Å². The lowest BCUT2D eigenvalue weighted by molar-refractivity contribution is 0.594. The van der Waals surface area contributed by atoms with E-state index in [1.807, 2.05) is 0 Å². The normalized spacial score (nSPS) is 27.5. The summed E-state index contributed by atoms with van der Waals surface area (Å²) in [4.78, 5) is 0. The Bertz CT molecular complexity index is 536. The molecule has 1 saturated heterocycles. The van der Waals surface area contributed by atoms with E-state index in [9.17, 15) is 8.42 Å². The van der Waals surface area contributed by atoms with Crippen LogP contribution in [0, 0.1) is 0 Å². The molecule has 5 nitrogen and oxygen atoms in total.